The van der Waals surface area contributed by atoms with Crippen molar-refractivity contribution in [3.63, 3.8) is 0 Å². The third kappa shape index (κ3) is 4.20. The van der Waals surface area contributed by atoms with E-state index in [2.05, 4.69) is 15.7 Å². The van der Waals surface area contributed by atoms with Gasteiger partial charge in [0.05, 0.1) is 13.2 Å². The number of hydrogen-bond donors (Lipinski definition) is 3. The van der Waals surface area contributed by atoms with Crippen LogP contribution in [-0.4, -0.2) is 55.7 Å². The van der Waals surface area contributed by atoms with Crippen LogP contribution in [-0.2, 0) is 9.53 Å². The van der Waals surface area contributed by atoms with Crippen LogP contribution in [0.4, 0.5) is 0 Å². The lowest BCUT2D eigenvalue weighted by Crippen LogP contribution is -2.54. The lowest BCUT2D eigenvalue weighted by Gasteiger charge is -2.29. The molecule has 7 nitrogen and oxygen atoms in total. The molecule has 1 rings (SSSR count). The van der Waals surface area contributed by atoms with Crippen LogP contribution in [0.3, 0.4) is 0 Å². The SMILES string of the molecule is CCN=C(NN)NC(C)C(=O)N1CCOCC1. The van der Waals surface area contributed by atoms with Crippen LogP contribution in [0, 0.1) is 0 Å². The summed E-state index contributed by atoms with van der Waals surface area (Å²) in [5, 5.41) is 2.95. The van der Waals surface area contributed by atoms with Gasteiger partial charge in [0.2, 0.25) is 11.9 Å². The van der Waals surface area contributed by atoms with Crippen molar-refractivity contribution in [1.82, 2.24) is 15.6 Å². The number of guanidine groups is 1. The van der Waals surface area contributed by atoms with Crippen LogP contribution in [0.1, 0.15) is 13.8 Å². The number of rotatable bonds is 3. The van der Waals surface area contributed by atoms with Gasteiger partial charge in [0.1, 0.15) is 6.04 Å². The van der Waals surface area contributed by atoms with E-state index in [0.29, 0.717) is 38.8 Å². The van der Waals surface area contributed by atoms with E-state index in [1.165, 1.54) is 0 Å². The van der Waals surface area contributed by atoms with Crippen molar-refractivity contribution in [2.45, 2.75) is 19.9 Å². The van der Waals surface area contributed by atoms with Crippen molar-refractivity contribution >= 4 is 11.9 Å². The molecule has 0 aromatic heterocycles. The standard InChI is InChI=1S/C10H21N5O2/c1-3-12-10(14-11)13-8(2)9(16)15-4-6-17-7-5-15/h8H,3-7,11H2,1-2H3,(H2,12,13,14). The monoisotopic (exact) mass is 243 g/mol. The second-order valence-electron chi connectivity index (χ2n) is 3.77. The van der Waals surface area contributed by atoms with Crippen molar-refractivity contribution in [1.29, 1.82) is 0 Å². The Morgan fingerprint density at radius 3 is 2.71 bits per heavy atom. The summed E-state index contributed by atoms with van der Waals surface area (Å²) in [6.45, 7) is 6.77. The zero-order chi connectivity index (χ0) is 12.7. The molecule has 0 saturated carbocycles. The molecule has 7 heteroatoms. The van der Waals surface area contributed by atoms with Gasteiger partial charge in [-0.05, 0) is 13.8 Å². The summed E-state index contributed by atoms with van der Waals surface area (Å²) in [7, 11) is 0. The molecule has 1 aliphatic heterocycles. The summed E-state index contributed by atoms with van der Waals surface area (Å²) in [5.41, 5.74) is 2.44. The van der Waals surface area contributed by atoms with Crippen LogP contribution < -0.4 is 16.6 Å². The van der Waals surface area contributed by atoms with Gasteiger partial charge in [-0.15, -0.1) is 0 Å². The molecule has 1 atom stereocenters. The van der Waals surface area contributed by atoms with E-state index in [1.807, 2.05) is 6.92 Å². The molecule has 1 saturated heterocycles. The van der Waals surface area contributed by atoms with Gasteiger partial charge in [-0.2, -0.15) is 0 Å². The quantitative estimate of drug-likeness (QED) is 0.247. The summed E-state index contributed by atoms with van der Waals surface area (Å²) in [6.07, 6.45) is 0. The van der Waals surface area contributed by atoms with Crippen LogP contribution in [0.15, 0.2) is 4.99 Å². The number of amides is 1. The third-order valence-electron chi connectivity index (χ3n) is 2.50. The number of carbonyl (C=O) groups is 1. The van der Waals surface area contributed by atoms with Crippen LogP contribution >= 0.6 is 0 Å². The molecular formula is C10H21N5O2. The minimum absolute atomic E-state index is 0.0346. The topological polar surface area (TPSA) is 92.0 Å². The zero-order valence-corrected chi connectivity index (χ0v) is 10.4. The van der Waals surface area contributed by atoms with E-state index < -0.39 is 0 Å². The fraction of sp³-hybridized carbons (Fsp3) is 0.800. The first-order chi connectivity index (χ1) is 8.19. The first kappa shape index (κ1) is 13.7. The van der Waals surface area contributed by atoms with Crippen molar-refractivity contribution in [2.24, 2.45) is 10.8 Å². The Balaban J connectivity index is 2.47. The van der Waals surface area contributed by atoms with Crippen LogP contribution in [0.25, 0.3) is 0 Å². The predicted molar refractivity (Wildman–Crippen MR) is 65.3 cm³/mol. The van der Waals surface area contributed by atoms with E-state index in [-0.39, 0.29) is 11.9 Å². The normalized spacial score (nSPS) is 18.8. The summed E-state index contributed by atoms with van der Waals surface area (Å²) in [6, 6.07) is -0.352. The fourth-order valence-corrected chi connectivity index (χ4v) is 1.62. The van der Waals surface area contributed by atoms with Crippen molar-refractivity contribution in [3.05, 3.63) is 0 Å². The minimum atomic E-state index is -0.352. The van der Waals surface area contributed by atoms with Gasteiger partial charge in [0, 0.05) is 19.6 Å². The molecule has 4 N–H and O–H groups in total. The number of hydrogen-bond acceptors (Lipinski definition) is 4. The highest BCUT2D eigenvalue weighted by Gasteiger charge is 2.22. The lowest BCUT2D eigenvalue weighted by molar-refractivity contribution is -0.136. The Hall–Kier alpha value is -1.34. The predicted octanol–water partition coefficient (Wildman–Crippen LogP) is -1.34. The van der Waals surface area contributed by atoms with Crippen molar-refractivity contribution < 1.29 is 9.53 Å². The largest absolute Gasteiger partial charge is 0.378 e. The van der Waals surface area contributed by atoms with E-state index in [1.54, 1.807) is 11.8 Å². The second kappa shape index (κ2) is 7.08. The van der Waals surface area contributed by atoms with Gasteiger partial charge in [0.15, 0.2) is 0 Å². The average Bonchev–Trinajstić information content (AvgIpc) is 2.38. The molecule has 0 radical (unpaired) electrons. The fourth-order valence-electron chi connectivity index (χ4n) is 1.62. The number of hydrazine groups is 1. The molecule has 0 bridgehead atoms. The molecule has 1 heterocycles. The average molecular weight is 243 g/mol. The van der Waals surface area contributed by atoms with Crippen molar-refractivity contribution in [3.8, 4) is 0 Å². The first-order valence-corrected chi connectivity index (χ1v) is 5.83. The smallest absolute Gasteiger partial charge is 0.245 e. The Bertz CT molecular complexity index is 276. The summed E-state index contributed by atoms with van der Waals surface area (Å²) in [4.78, 5) is 17.9. The summed E-state index contributed by atoms with van der Waals surface area (Å²) in [5.74, 6) is 5.76. The number of aliphatic imine (C=N–C) groups is 1. The number of ether oxygens (including phenoxy) is 1. The molecule has 0 aromatic rings. The second-order valence-corrected chi connectivity index (χ2v) is 3.77. The lowest BCUT2D eigenvalue weighted by atomic mass is 10.2. The Labute approximate surface area is 101 Å². The minimum Gasteiger partial charge on any atom is -0.378 e. The molecule has 1 fully saturated rings. The van der Waals surface area contributed by atoms with E-state index in [0.717, 1.165) is 0 Å². The molecule has 1 unspecified atom stereocenters. The number of nitrogens with one attached hydrogen (secondary N) is 2. The Morgan fingerprint density at radius 1 is 1.53 bits per heavy atom. The highest BCUT2D eigenvalue weighted by molar-refractivity contribution is 5.88. The van der Waals surface area contributed by atoms with Gasteiger partial charge in [0.25, 0.3) is 0 Å². The van der Waals surface area contributed by atoms with Gasteiger partial charge in [-0.1, -0.05) is 0 Å². The molecule has 98 valence electrons. The van der Waals surface area contributed by atoms with Gasteiger partial charge < -0.3 is 15.0 Å². The first-order valence-electron chi connectivity index (χ1n) is 5.83. The highest BCUT2D eigenvalue weighted by atomic mass is 16.5. The Kier molecular flexibility index (Phi) is 5.71. The van der Waals surface area contributed by atoms with Gasteiger partial charge in [-0.25, -0.2) is 5.84 Å². The zero-order valence-electron chi connectivity index (χ0n) is 10.4. The molecule has 0 aromatic carbocycles. The maximum atomic E-state index is 12.0. The molecular weight excluding hydrogens is 222 g/mol. The maximum Gasteiger partial charge on any atom is 0.245 e. The molecule has 1 amide bonds. The van der Waals surface area contributed by atoms with Crippen LogP contribution in [0.2, 0.25) is 0 Å². The van der Waals surface area contributed by atoms with E-state index in [9.17, 15) is 4.79 Å². The summed E-state index contributed by atoms with van der Waals surface area (Å²) < 4.78 is 5.20. The Morgan fingerprint density at radius 2 is 2.18 bits per heavy atom. The number of nitrogens with zero attached hydrogens (tertiary/aromatic N) is 2. The molecule has 0 aliphatic carbocycles. The molecule has 1 aliphatic rings. The van der Waals surface area contributed by atoms with E-state index >= 15 is 0 Å². The van der Waals surface area contributed by atoms with E-state index in [4.69, 9.17) is 10.6 Å². The molecule has 17 heavy (non-hydrogen) atoms. The summed E-state index contributed by atoms with van der Waals surface area (Å²) >= 11 is 0. The maximum absolute atomic E-state index is 12.0. The number of carbonyl (C=O) groups excluding carboxylic acids is 1. The van der Waals surface area contributed by atoms with Gasteiger partial charge >= 0.3 is 0 Å². The number of morpholine rings is 1. The van der Waals surface area contributed by atoms with Crippen molar-refractivity contribution in [2.75, 3.05) is 32.8 Å². The highest BCUT2D eigenvalue weighted by Crippen LogP contribution is 2.00. The molecule has 0 spiro atoms. The third-order valence-corrected chi connectivity index (χ3v) is 2.50. The number of nitrogens with two attached hydrogens (primary N) is 1. The van der Waals surface area contributed by atoms with Gasteiger partial charge in [-0.3, -0.25) is 15.2 Å². The van der Waals surface area contributed by atoms with Crippen LogP contribution in [0.5, 0.6) is 0 Å².